The zero-order valence-electron chi connectivity index (χ0n) is 10.4. The van der Waals surface area contributed by atoms with Crippen molar-refractivity contribution in [2.45, 2.75) is 40.5 Å². The number of nitrogens with zero attached hydrogens (tertiary/aromatic N) is 2. The second-order valence-corrected chi connectivity index (χ2v) is 4.65. The number of rotatable bonds is 2. The molecule has 1 aromatic rings. The summed E-state index contributed by atoms with van der Waals surface area (Å²) in [6.07, 6.45) is 4.15. The first-order valence-corrected chi connectivity index (χ1v) is 5.48. The summed E-state index contributed by atoms with van der Waals surface area (Å²) in [5.41, 5.74) is 2.29. The summed E-state index contributed by atoms with van der Waals surface area (Å²) in [6, 6.07) is 0. The predicted octanol–water partition coefficient (Wildman–Crippen LogP) is 2.91. The highest BCUT2D eigenvalue weighted by molar-refractivity contribution is 5.36. The molecule has 0 bridgehead atoms. The first-order valence-electron chi connectivity index (χ1n) is 5.48. The Balaban J connectivity index is 2.86. The molecule has 2 heteroatoms. The first kappa shape index (κ1) is 11.8. The SMILES string of the molecule is CCCC(C)(C)C#Cc1cnn(C)c1C. The van der Waals surface area contributed by atoms with Gasteiger partial charge >= 0.3 is 0 Å². The standard InChI is InChI=1S/C13H20N2/c1-6-8-13(3,4)9-7-12-10-14-15(5)11(12)2/h10H,6,8H2,1-5H3. The van der Waals surface area contributed by atoms with Crippen molar-refractivity contribution in [3.63, 3.8) is 0 Å². The van der Waals surface area contributed by atoms with E-state index in [2.05, 4.69) is 37.7 Å². The van der Waals surface area contributed by atoms with Crippen LogP contribution in [0.3, 0.4) is 0 Å². The topological polar surface area (TPSA) is 17.8 Å². The second kappa shape index (κ2) is 4.53. The summed E-state index contributed by atoms with van der Waals surface area (Å²) in [7, 11) is 1.94. The largest absolute Gasteiger partial charge is 0.272 e. The van der Waals surface area contributed by atoms with Crippen molar-refractivity contribution in [2.24, 2.45) is 12.5 Å². The van der Waals surface area contributed by atoms with E-state index in [1.165, 1.54) is 6.42 Å². The molecule has 15 heavy (non-hydrogen) atoms. The summed E-state index contributed by atoms with van der Waals surface area (Å²) in [4.78, 5) is 0. The van der Waals surface area contributed by atoms with Gasteiger partial charge in [0.25, 0.3) is 0 Å². The summed E-state index contributed by atoms with van der Waals surface area (Å²) in [6.45, 7) is 8.62. The Bertz CT molecular complexity index is 388. The first-order chi connectivity index (χ1) is 6.96. The van der Waals surface area contributed by atoms with Crippen LogP contribution in [0.1, 0.15) is 44.9 Å². The normalized spacial score (nSPS) is 11.0. The van der Waals surface area contributed by atoms with Crippen LogP contribution < -0.4 is 0 Å². The van der Waals surface area contributed by atoms with Crippen LogP contribution in [0.15, 0.2) is 6.20 Å². The van der Waals surface area contributed by atoms with Gasteiger partial charge in [0.15, 0.2) is 0 Å². The summed E-state index contributed by atoms with van der Waals surface area (Å²) in [5, 5.41) is 4.18. The van der Waals surface area contributed by atoms with E-state index in [0.29, 0.717) is 0 Å². The molecule has 1 aromatic heterocycles. The van der Waals surface area contributed by atoms with E-state index >= 15 is 0 Å². The van der Waals surface area contributed by atoms with Crippen LogP contribution in [0.25, 0.3) is 0 Å². The van der Waals surface area contributed by atoms with Gasteiger partial charge in [0, 0.05) is 12.5 Å². The van der Waals surface area contributed by atoms with E-state index in [1.54, 1.807) is 0 Å². The molecular weight excluding hydrogens is 184 g/mol. The van der Waals surface area contributed by atoms with Gasteiger partial charge in [-0.2, -0.15) is 5.10 Å². The zero-order valence-corrected chi connectivity index (χ0v) is 10.4. The number of hydrogen-bond acceptors (Lipinski definition) is 1. The third kappa shape index (κ3) is 3.13. The average molecular weight is 204 g/mol. The number of aryl methyl sites for hydroxylation is 1. The van der Waals surface area contributed by atoms with E-state index < -0.39 is 0 Å². The highest BCUT2D eigenvalue weighted by Crippen LogP contribution is 2.20. The van der Waals surface area contributed by atoms with Crippen molar-refractivity contribution in [3.05, 3.63) is 17.5 Å². The van der Waals surface area contributed by atoms with Crippen molar-refractivity contribution in [1.82, 2.24) is 9.78 Å². The fraction of sp³-hybridized carbons (Fsp3) is 0.615. The Morgan fingerprint density at radius 1 is 1.47 bits per heavy atom. The van der Waals surface area contributed by atoms with E-state index in [9.17, 15) is 0 Å². The van der Waals surface area contributed by atoms with Gasteiger partial charge in [-0.1, -0.05) is 25.2 Å². The van der Waals surface area contributed by atoms with Crippen LogP contribution in [0, 0.1) is 24.2 Å². The molecule has 0 fully saturated rings. The highest BCUT2D eigenvalue weighted by atomic mass is 15.3. The van der Waals surface area contributed by atoms with Gasteiger partial charge in [0.1, 0.15) is 0 Å². The van der Waals surface area contributed by atoms with E-state index in [0.717, 1.165) is 17.7 Å². The molecule has 0 aromatic carbocycles. The van der Waals surface area contributed by atoms with Gasteiger partial charge in [-0.15, -0.1) is 0 Å². The van der Waals surface area contributed by atoms with Crippen LogP contribution in [-0.2, 0) is 7.05 Å². The minimum atomic E-state index is 0.108. The maximum Gasteiger partial charge on any atom is 0.0654 e. The van der Waals surface area contributed by atoms with E-state index in [4.69, 9.17) is 0 Å². The zero-order chi connectivity index (χ0) is 11.5. The van der Waals surface area contributed by atoms with Gasteiger partial charge in [-0.25, -0.2) is 0 Å². The van der Waals surface area contributed by atoms with Crippen molar-refractivity contribution in [3.8, 4) is 11.8 Å². The molecule has 0 spiro atoms. The second-order valence-electron chi connectivity index (χ2n) is 4.65. The number of hydrogen-bond donors (Lipinski definition) is 0. The van der Waals surface area contributed by atoms with Gasteiger partial charge in [0.05, 0.1) is 17.5 Å². The lowest BCUT2D eigenvalue weighted by atomic mass is 9.89. The van der Waals surface area contributed by atoms with Crippen molar-refractivity contribution < 1.29 is 0 Å². The molecule has 0 amide bonds. The van der Waals surface area contributed by atoms with E-state index in [-0.39, 0.29) is 5.41 Å². The lowest BCUT2D eigenvalue weighted by molar-refractivity contribution is 0.452. The maximum absolute atomic E-state index is 4.18. The molecule has 2 nitrogen and oxygen atoms in total. The Kier molecular flexibility index (Phi) is 3.57. The molecule has 0 aliphatic rings. The minimum Gasteiger partial charge on any atom is -0.272 e. The molecule has 1 rings (SSSR count). The molecular formula is C13H20N2. The van der Waals surface area contributed by atoms with Gasteiger partial charge < -0.3 is 0 Å². The van der Waals surface area contributed by atoms with Crippen molar-refractivity contribution >= 4 is 0 Å². The van der Waals surface area contributed by atoms with Crippen LogP contribution in [-0.4, -0.2) is 9.78 Å². The molecule has 82 valence electrons. The van der Waals surface area contributed by atoms with Gasteiger partial charge in [-0.3, -0.25) is 4.68 Å². The highest BCUT2D eigenvalue weighted by Gasteiger charge is 2.12. The molecule has 0 unspecified atom stereocenters. The molecule has 0 saturated carbocycles. The average Bonchev–Trinajstić information content (AvgIpc) is 2.45. The third-order valence-corrected chi connectivity index (χ3v) is 2.65. The molecule has 1 heterocycles. The van der Waals surface area contributed by atoms with Crippen LogP contribution in [0.2, 0.25) is 0 Å². The number of aromatic nitrogens is 2. The summed E-state index contributed by atoms with van der Waals surface area (Å²) < 4.78 is 1.86. The van der Waals surface area contributed by atoms with Crippen LogP contribution in [0.4, 0.5) is 0 Å². The summed E-state index contributed by atoms with van der Waals surface area (Å²) >= 11 is 0. The quantitative estimate of drug-likeness (QED) is 0.677. The van der Waals surface area contributed by atoms with Gasteiger partial charge in [0.2, 0.25) is 0 Å². The Morgan fingerprint density at radius 2 is 2.13 bits per heavy atom. The fourth-order valence-electron chi connectivity index (χ4n) is 1.55. The van der Waals surface area contributed by atoms with Crippen LogP contribution in [0.5, 0.6) is 0 Å². The predicted molar refractivity (Wildman–Crippen MR) is 63.5 cm³/mol. The molecule has 0 N–H and O–H groups in total. The maximum atomic E-state index is 4.18. The van der Waals surface area contributed by atoms with Crippen molar-refractivity contribution in [1.29, 1.82) is 0 Å². The fourth-order valence-corrected chi connectivity index (χ4v) is 1.55. The van der Waals surface area contributed by atoms with Crippen LogP contribution >= 0.6 is 0 Å². The molecule has 0 saturated heterocycles. The smallest absolute Gasteiger partial charge is 0.0654 e. The Morgan fingerprint density at radius 3 is 2.60 bits per heavy atom. The Labute approximate surface area is 92.7 Å². The minimum absolute atomic E-state index is 0.108. The molecule has 0 atom stereocenters. The lowest BCUT2D eigenvalue weighted by Gasteiger charge is -2.15. The third-order valence-electron chi connectivity index (χ3n) is 2.65. The lowest BCUT2D eigenvalue weighted by Crippen LogP contribution is -2.06. The molecule has 0 aliphatic heterocycles. The molecule has 0 aliphatic carbocycles. The van der Waals surface area contributed by atoms with Crippen molar-refractivity contribution in [2.75, 3.05) is 0 Å². The molecule has 0 radical (unpaired) electrons. The summed E-state index contributed by atoms with van der Waals surface area (Å²) in [5.74, 6) is 6.55. The van der Waals surface area contributed by atoms with E-state index in [1.807, 2.05) is 24.9 Å². The Hall–Kier alpha value is -1.23. The monoisotopic (exact) mass is 204 g/mol. The van der Waals surface area contributed by atoms with Gasteiger partial charge in [-0.05, 0) is 27.2 Å².